The second-order valence-electron chi connectivity index (χ2n) is 11.0. The molecule has 214 valence electrons. The number of nitrogens with one attached hydrogen (secondary N) is 1. The Morgan fingerprint density at radius 3 is 2.70 bits per heavy atom. The first-order valence-corrected chi connectivity index (χ1v) is 16.7. The van der Waals surface area contributed by atoms with Gasteiger partial charge in [0.1, 0.15) is 5.50 Å². The van der Waals surface area contributed by atoms with Gasteiger partial charge in [-0.25, -0.2) is 0 Å². The Morgan fingerprint density at radius 1 is 1.07 bits per heavy atom. The van der Waals surface area contributed by atoms with Gasteiger partial charge in [0.2, 0.25) is 5.91 Å². The van der Waals surface area contributed by atoms with Gasteiger partial charge in [-0.1, -0.05) is 49.7 Å². The lowest BCUT2D eigenvalue weighted by Gasteiger charge is -2.41. The van der Waals surface area contributed by atoms with E-state index in [1.54, 1.807) is 23.5 Å². The molecule has 9 heteroatoms. The van der Waals surface area contributed by atoms with Gasteiger partial charge in [-0.15, -0.1) is 11.8 Å². The summed E-state index contributed by atoms with van der Waals surface area (Å²) in [4.78, 5) is 18.2. The van der Waals surface area contributed by atoms with Gasteiger partial charge < -0.3 is 9.47 Å². The molecule has 2 aromatic carbocycles. The molecule has 2 saturated heterocycles. The van der Waals surface area contributed by atoms with Gasteiger partial charge in [0.15, 0.2) is 0 Å². The summed E-state index contributed by atoms with van der Waals surface area (Å²) in [7, 11) is 0. The van der Waals surface area contributed by atoms with Crippen molar-refractivity contribution in [2.45, 2.75) is 92.3 Å². The smallest absolute Gasteiger partial charge is 0.241 e. The molecule has 7 nitrogen and oxygen atoms in total. The largest absolute Gasteiger partial charge is 0.376 e. The minimum atomic E-state index is -0.105. The highest BCUT2D eigenvalue weighted by molar-refractivity contribution is 8.00. The minimum absolute atomic E-state index is 0.0103. The van der Waals surface area contributed by atoms with Crippen molar-refractivity contribution < 1.29 is 14.3 Å². The molecular formula is C31H40N4O3S2. The van der Waals surface area contributed by atoms with Crippen molar-refractivity contribution in [2.24, 2.45) is 5.10 Å². The lowest BCUT2D eigenvalue weighted by molar-refractivity contribution is -0.115. The number of para-hydroxylation sites is 1. The summed E-state index contributed by atoms with van der Waals surface area (Å²) >= 11 is 3.37. The van der Waals surface area contributed by atoms with Crippen LogP contribution in [0.4, 0.5) is 11.4 Å². The molecule has 0 spiro atoms. The molecule has 0 saturated carbocycles. The zero-order chi connectivity index (χ0) is 27.5. The highest BCUT2D eigenvalue weighted by Crippen LogP contribution is 2.48. The summed E-state index contributed by atoms with van der Waals surface area (Å²) in [6, 6.07) is 14.6. The number of amides is 1. The number of unbranched alkanes of at least 4 members (excludes halogenated alkanes) is 2. The number of hydrogen-bond donors (Lipinski definition) is 1. The molecule has 4 heterocycles. The van der Waals surface area contributed by atoms with Crippen LogP contribution < -0.4 is 10.2 Å². The lowest BCUT2D eigenvalue weighted by Crippen LogP contribution is -2.61. The highest BCUT2D eigenvalue weighted by atomic mass is 32.2. The van der Waals surface area contributed by atoms with Crippen molar-refractivity contribution in [3.05, 3.63) is 48.0 Å². The Bertz CT molecular complexity index is 1230. The molecule has 0 bridgehead atoms. The molecule has 4 aliphatic heterocycles. The van der Waals surface area contributed by atoms with E-state index < -0.39 is 0 Å². The highest BCUT2D eigenvalue weighted by Gasteiger charge is 2.41. The molecule has 2 aromatic rings. The number of carbonyl (C=O) groups is 1. The van der Waals surface area contributed by atoms with Crippen molar-refractivity contribution in [2.75, 3.05) is 30.4 Å². The number of anilines is 2. The van der Waals surface area contributed by atoms with Gasteiger partial charge in [-0.3, -0.25) is 20.0 Å². The van der Waals surface area contributed by atoms with E-state index >= 15 is 0 Å². The van der Waals surface area contributed by atoms with Crippen molar-refractivity contribution in [1.29, 1.82) is 0 Å². The molecule has 4 atom stereocenters. The maximum atomic E-state index is 14.0. The number of ether oxygens (including phenoxy) is 2. The van der Waals surface area contributed by atoms with Crippen LogP contribution in [0.25, 0.3) is 0 Å². The fourth-order valence-corrected chi connectivity index (χ4v) is 8.04. The topological polar surface area (TPSA) is 66.4 Å². The van der Waals surface area contributed by atoms with E-state index in [0.717, 1.165) is 97.1 Å². The SMILES string of the molecule is CCCCCN1N=C(C2CCCO2)C(C2CCCO2)NC1SCC(=O)N1c2ccccc2Sc2ccc(C)cc21. The molecule has 1 N–H and O–H groups in total. The van der Waals surface area contributed by atoms with Gasteiger partial charge in [-0.05, 0) is 68.9 Å². The van der Waals surface area contributed by atoms with Crippen LogP contribution >= 0.6 is 23.5 Å². The van der Waals surface area contributed by atoms with Crippen LogP contribution in [0.5, 0.6) is 0 Å². The van der Waals surface area contributed by atoms with Crippen molar-refractivity contribution in [1.82, 2.24) is 10.3 Å². The van der Waals surface area contributed by atoms with Crippen molar-refractivity contribution in [3.8, 4) is 0 Å². The molecule has 4 aliphatic rings. The standard InChI is InChI=1S/C31H40N4O3S2/c1-3-4-7-16-34-31(32-29(24-11-8-17-37-24)30(33-34)25-12-9-18-38-25)39-20-28(36)35-22-10-5-6-13-26(22)40-27-15-14-21(2)19-23(27)35/h5-6,10,13-15,19,24-25,29,31-32H,3-4,7-9,11-12,16-18,20H2,1-2H3. The second-order valence-corrected chi connectivity index (χ2v) is 13.2. The molecule has 0 radical (unpaired) electrons. The van der Waals surface area contributed by atoms with Crippen LogP contribution in [0.2, 0.25) is 0 Å². The van der Waals surface area contributed by atoms with Gasteiger partial charge in [0, 0.05) is 29.5 Å². The van der Waals surface area contributed by atoms with Gasteiger partial charge in [-0.2, -0.15) is 5.10 Å². The number of benzene rings is 2. The average Bonchev–Trinajstić information content (AvgIpc) is 3.70. The third-order valence-electron chi connectivity index (χ3n) is 8.04. The first kappa shape index (κ1) is 28.1. The van der Waals surface area contributed by atoms with E-state index in [2.05, 4.69) is 54.5 Å². The quantitative estimate of drug-likeness (QED) is 0.348. The Morgan fingerprint density at radius 2 is 1.90 bits per heavy atom. The van der Waals surface area contributed by atoms with Crippen LogP contribution in [0.3, 0.4) is 0 Å². The number of aryl methyl sites for hydroxylation is 1. The maximum absolute atomic E-state index is 14.0. The van der Waals surface area contributed by atoms with E-state index in [0.29, 0.717) is 5.75 Å². The van der Waals surface area contributed by atoms with E-state index in [9.17, 15) is 4.79 Å². The Kier molecular flexibility index (Phi) is 9.03. The molecule has 6 rings (SSSR count). The minimum Gasteiger partial charge on any atom is -0.376 e. The summed E-state index contributed by atoms with van der Waals surface area (Å²) in [5, 5.41) is 11.3. The third-order valence-corrected chi connectivity index (χ3v) is 10.3. The molecule has 4 unspecified atom stereocenters. The predicted molar refractivity (Wildman–Crippen MR) is 164 cm³/mol. The zero-order valence-electron chi connectivity index (χ0n) is 23.5. The third kappa shape index (κ3) is 5.95. The molecule has 40 heavy (non-hydrogen) atoms. The van der Waals surface area contributed by atoms with E-state index in [1.807, 2.05) is 17.0 Å². The van der Waals surface area contributed by atoms with Crippen LogP contribution in [0, 0.1) is 6.92 Å². The number of hydrazone groups is 1. The fourth-order valence-electron chi connectivity index (χ4n) is 6.00. The molecule has 1 amide bonds. The Labute approximate surface area is 246 Å². The second kappa shape index (κ2) is 12.9. The lowest BCUT2D eigenvalue weighted by atomic mass is 9.97. The van der Waals surface area contributed by atoms with Gasteiger partial charge in [0.05, 0.1) is 41.1 Å². The predicted octanol–water partition coefficient (Wildman–Crippen LogP) is 6.32. The first-order valence-electron chi connectivity index (χ1n) is 14.8. The molecule has 0 aliphatic carbocycles. The van der Waals surface area contributed by atoms with Crippen molar-refractivity contribution in [3.63, 3.8) is 0 Å². The Balaban J connectivity index is 1.25. The number of fused-ring (bicyclic) bond motifs is 2. The summed E-state index contributed by atoms with van der Waals surface area (Å²) < 4.78 is 12.3. The molecule has 2 fully saturated rings. The van der Waals surface area contributed by atoms with E-state index in [-0.39, 0.29) is 29.7 Å². The monoisotopic (exact) mass is 580 g/mol. The number of hydrogen-bond acceptors (Lipinski definition) is 8. The van der Waals surface area contributed by atoms with E-state index in [4.69, 9.17) is 14.6 Å². The number of rotatable bonds is 9. The maximum Gasteiger partial charge on any atom is 0.241 e. The van der Waals surface area contributed by atoms with Crippen LogP contribution in [0.15, 0.2) is 57.4 Å². The normalized spacial score (nSPS) is 26.0. The van der Waals surface area contributed by atoms with Crippen LogP contribution in [0.1, 0.15) is 57.4 Å². The zero-order valence-corrected chi connectivity index (χ0v) is 25.1. The number of nitrogens with zero attached hydrogens (tertiary/aromatic N) is 3. The summed E-state index contributed by atoms with van der Waals surface area (Å²) in [5.41, 5.74) is 4.06. The first-order chi connectivity index (χ1) is 19.6. The van der Waals surface area contributed by atoms with Crippen LogP contribution in [-0.4, -0.2) is 65.9 Å². The Hall–Kier alpha value is -2.04. The fraction of sp³-hybridized carbons (Fsp3) is 0.548. The van der Waals surface area contributed by atoms with E-state index in [1.165, 1.54) is 0 Å². The van der Waals surface area contributed by atoms with Crippen LogP contribution in [-0.2, 0) is 14.3 Å². The number of carbonyl (C=O) groups excluding carboxylic acids is 1. The van der Waals surface area contributed by atoms with Gasteiger partial charge >= 0.3 is 0 Å². The number of thioether (sulfide) groups is 1. The molecule has 0 aromatic heterocycles. The average molecular weight is 581 g/mol. The summed E-state index contributed by atoms with van der Waals surface area (Å²) in [6.45, 7) is 6.75. The summed E-state index contributed by atoms with van der Waals surface area (Å²) in [6.07, 6.45) is 7.70. The van der Waals surface area contributed by atoms with Crippen molar-refractivity contribution >= 4 is 46.5 Å². The summed E-state index contributed by atoms with van der Waals surface area (Å²) in [5.74, 6) is 0.430. The van der Waals surface area contributed by atoms with Gasteiger partial charge in [0.25, 0.3) is 0 Å². The molecular weight excluding hydrogens is 541 g/mol.